The molecule has 0 atom stereocenters. The Bertz CT molecular complexity index is 1090. The second kappa shape index (κ2) is 5.71. The normalized spacial score (nSPS) is 11.1. The SMILES string of the molecule is Cn1cc(-c2ccc(-c3ccnc4sc(C(N)=O)c(N)c34)cc2)cn1. The smallest absolute Gasteiger partial charge is 0.260 e. The minimum Gasteiger partial charge on any atom is -0.397 e. The fourth-order valence-electron chi connectivity index (χ4n) is 2.88. The Balaban J connectivity index is 1.83. The van der Waals surface area contributed by atoms with Crippen LogP contribution in [0.5, 0.6) is 0 Å². The molecule has 0 saturated heterocycles. The molecule has 0 fully saturated rings. The summed E-state index contributed by atoms with van der Waals surface area (Å²) < 4.78 is 1.77. The lowest BCUT2D eigenvalue weighted by Crippen LogP contribution is -2.10. The average Bonchev–Trinajstić information content (AvgIpc) is 3.19. The van der Waals surface area contributed by atoms with Crippen LogP contribution in [0.15, 0.2) is 48.9 Å². The zero-order valence-corrected chi connectivity index (χ0v) is 14.2. The minimum absolute atomic E-state index is 0.349. The maximum atomic E-state index is 11.6. The van der Waals surface area contributed by atoms with Gasteiger partial charge in [-0.05, 0) is 22.8 Å². The van der Waals surface area contributed by atoms with Crippen LogP contribution in [0.1, 0.15) is 9.67 Å². The number of benzene rings is 1. The molecule has 0 spiro atoms. The van der Waals surface area contributed by atoms with Crippen molar-refractivity contribution in [1.29, 1.82) is 0 Å². The lowest BCUT2D eigenvalue weighted by molar-refractivity contribution is 0.100. The summed E-state index contributed by atoms with van der Waals surface area (Å²) in [5.41, 5.74) is 16.0. The van der Waals surface area contributed by atoms with Crippen LogP contribution in [0, 0.1) is 0 Å². The first-order valence-corrected chi connectivity index (χ1v) is 8.42. The lowest BCUT2D eigenvalue weighted by Gasteiger charge is -2.06. The number of pyridine rings is 1. The van der Waals surface area contributed by atoms with Gasteiger partial charge in [-0.25, -0.2) is 4.98 Å². The van der Waals surface area contributed by atoms with Crippen molar-refractivity contribution in [2.75, 3.05) is 5.73 Å². The molecule has 25 heavy (non-hydrogen) atoms. The zero-order valence-electron chi connectivity index (χ0n) is 13.4. The molecule has 4 N–H and O–H groups in total. The maximum absolute atomic E-state index is 11.6. The van der Waals surface area contributed by atoms with E-state index in [1.54, 1.807) is 10.9 Å². The topological polar surface area (TPSA) is 99.8 Å². The van der Waals surface area contributed by atoms with Gasteiger partial charge in [0.1, 0.15) is 9.71 Å². The molecule has 0 aliphatic rings. The number of hydrogen-bond donors (Lipinski definition) is 2. The third-order valence-corrected chi connectivity index (χ3v) is 5.21. The van der Waals surface area contributed by atoms with Crippen molar-refractivity contribution in [2.24, 2.45) is 12.8 Å². The van der Waals surface area contributed by atoms with Crippen LogP contribution >= 0.6 is 11.3 Å². The Labute approximate surface area is 147 Å². The molecule has 4 aromatic rings. The van der Waals surface area contributed by atoms with Crippen LogP contribution < -0.4 is 11.5 Å². The number of carbonyl (C=O) groups is 1. The van der Waals surface area contributed by atoms with E-state index in [0.717, 1.165) is 27.6 Å². The highest BCUT2D eigenvalue weighted by Gasteiger charge is 2.18. The highest BCUT2D eigenvalue weighted by molar-refractivity contribution is 7.21. The third kappa shape index (κ3) is 2.54. The van der Waals surface area contributed by atoms with Gasteiger partial charge in [-0.2, -0.15) is 5.10 Å². The van der Waals surface area contributed by atoms with E-state index < -0.39 is 5.91 Å². The van der Waals surface area contributed by atoms with Gasteiger partial charge in [0.15, 0.2) is 0 Å². The number of carbonyl (C=O) groups excluding carboxylic acids is 1. The van der Waals surface area contributed by atoms with E-state index in [-0.39, 0.29) is 0 Å². The average molecular weight is 349 g/mol. The number of aryl methyl sites for hydroxylation is 1. The first-order chi connectivity index (χ1) is 12.0. The van der Waals surface area contributed by atoms with Crippen LogP contribution in [0.4, 0.5) is 5.69 Å². The van der Waals surface area contributed by atoms with Gasteiger partial charge in [-0.15, -0.1) is 11.3 Å². The highest BCUT2D eigenvalue weighted by Crippen LogP contribution is 2.39. The molecule has 0 aliphatic heterocycles. The van der Waals surface area contributed by atoms with Gasteiger partial charge in [-0.1, -0.05) is 24.3 Å². The second-order valence-electron chi connectivity index (χ2n) is 5.73. The van der Waals surface area contributed by atoms with Gasteiger partial charge < -0.3 is 11.5 Å². The summed E-state index contributed by atoms with van der Waals surface area (Å²) >= 11 is 1.22. The van der Waals surface area contributed by atoms with Crippen molar-refractivity contribution in [3.05, 3.63) is 53.8 Å². The zero-order chi connectivity index (χ0) is 17.6. The van der Waals surface area contributed by atoms with Crippen molar-refractivity contribution in [3.8, 4) is 22.3 Å². The van der Waals surface area contributed by atoms with E-state index in [2.05, 4.69) is 10.1 Å². The van der Waals surface area contributed by atoms with Crippen molar-refractivity contribution >= 4 is 33.1 Å². The quantitative estimate of drug-likeness (QED) is 0.594. The highest BCUT2D eigenvalue weighted by atomic mass is 32.1. The molecule has 3 aromatic heterocycles. The Morgan fingerprint density at radius 1 is 1.12 bits per heavy atom. The fourth-order valence-corrected chi connectivity index (χ4v) is 3.82. The Morgan fingerprint density at radius 2 is 1.84 bits per heavy atom. The summed E-state index contributed by atoms with van der Waals surface area (Å²) in [5, 5.41) is 4.97. The molecule has 0 aliphatic carbocycles. The van der Waals surface area contributed by atoms with E-state index in [4.69, 9.17) is 11.5 Å². The van der Waals surface area contributed by atoms with Gasteiger partial charge in [0.25, 0.3) is 5.91 Å². The van der Waals surface area contributed by atoms with Gasteiger partial charge in [0, 0.05) is 30.4 Å². The molecule has 0 saturated carbocycles. The molecule has 3 heterocycles. The Kier molecular flexibility index (Phi) is 3.51. The van der Waals surface area contributed by atoms with Gasteiger partial charge in [-0.3, -0.25) is 9.48 Å². The largest absolute Gasteiger partial charge is 0.397 e. The standard InChI is InChI=1S/C18H15N5OS/c1-23-9-12(8-22-23)10-2-4-11(5-3-10)13-6-7-21-18-14(13)15(19)16(25-18)17(20)24/h2-9H,19H2,1H3,(H2,20,24). The number of nitrogens with zero attached hydrogens (tertiary/aromatic N) is 3. The molecular weight excluding hydrogens is 334 g/mol. The summed E-state index contributed by atoms with van der Waals surface area (Å²) in [6.07, 6.45) is 5.51. The van der Waals surface area contributed by atoms with Crippen LogP contribution in [0.25, 0.3) is 32.5 Å². The van der Waals surface area contributed by atoms with E-state index in [9.17, 15) is 4.79 Å². The van der Waals surface area contributed by atoms with Crippen LogP contribution in [0.2, 0.25) is 0 Å². The number of aromatic nitrogens is 3. The van der Waals surface area contributed by atoms with Crippen LogP contribution in [-0.4, -0.2) is 20.7 Å². The van der Waals surface area contributed by atoms with Crippen molar-refractivity contribution < 1.29 is 4.79 Å². The van der Waals surface area contributed by atoms with E-state index >= 15 is 0 Å². The van der Waals surface area contributed by atoms with Crippen molar-refractivity contribution in [1.82, 2.24) is 14.8 Å². The fraction of sp³-hybridized carbons (Fsp3) is 0.0556. The third-order valence-electron chi connectivity index (χ3n) is 4.09. The van der Waals surface area contributed by atoms with E-state index in [1.165, 1.54) is 11.3 Å². The first-order valence-electron chi connectivity index (χ1n) is 7.61. The number of thiophene rings is 1. The summed E-state index contributed by atoms with van der Waals surface area (Å²) in [7, 11) is 1.89. The molecule has 6 nitrogen and oxygen atoms in total. The molecule has 124 valence electrons. The first kappa shape index (κ1) is 15.3. The molecule has 1 aromatic carbocycles. The Morgan fingerprint density at radius 3 is 2.48 bits per heavy atom. The van der Waals surface area contributed by atoms with Crippen LogP contribution in [-0.2, 0) is 7.05 Å². The number of nitrogens with two attached hydrogens (primary N) is 2. The summed E-state index contributed by atoms with van der Waals surface area (Å²) in [4.78, 5) is 16.9. The number of anilines is 1. The van der Waals surface area contributed by atoms with Crippen LogP contribution in [0.3, 0.4) is 0 Å². The van der Waals surface area contributed by atoms with Gasteiger partial charge in [0.05, 0.1) is 11.9 Å². The van der Waals surface area contributed by atoms with Gasteiger partial charge >= 0.3 is 0 Å². The number of primary amides is 1. The van der Waals surface area contributed by atoms with E-state index in [0.29, 0.717) is 15.4 Å². The molecule has 4 rings (SSSR count). The minimum atomic E-state index is -0.529. The van der Waals surface area contributed by atoms with Crippen molar-refractivity contribution in [2.45, 2.75) is 0 Å². The monoisotopic (exact) mass is 349 g/mol. The molecule has 0 radical (unpaired) electrons. The summed E-state index contributed by atoms with van der Waals surface area (Å²) in [6.45, 7) is 0. The molecule has 7 heteroatoms. The number of rotatable bonds is 3. The molecular formula is C18H15N5OS. The molecule has 1 amide bonds. The number of fused-ring (bicyclic) bond motifs is 1. The summed E-state index contributed by atoms with van der Waals surface area (Å²) in [5.74, 6) is -0.529. The number of nitrogen functional groups attached to an aromatic ring is 1. The lowest BCUT2D eigenvalue weighted by atomic mass is 10.00. The molecule has 0 bridgehead atoms. The second-order valence-corrected chi connectivity index (χ2v) is 6.73. The predicted octanol–water partition coefficient (Wildman–Crippen LogP) is 3.04. The Hall–Kier alpha value is -3.19. The van der Waals surface area contributed by atoms with Gasteiger partial charge in [0.2, 0.25) is 0 Å². The maximum Gasteiger partial charge on any atom is 0.260 e. The van der Waals surface area contributed by atoms with Crippen molar-refractivity contribution in [3.63, 3.8) is 0 Å². The molecule has 0 unspecified atom stereocenters. The predicted molar refractivity (Wildman–Crippen MR) is 100 cm³/mol. The summed E-state index contributed by atoms with van der Waals surface area (Å²) in [6, 6.07) is 10.0. The van der Waals surface area contributed by atoms with E-state index in [1.807, 2.05) is 49.8 Å². The number of amides is 1. The number of hydrogen-bond acceptors (Lipinski definition) is 5.